The SMILES string of the molecule is CCN(CC)C(=O)c1cc(F)cc2[nH]c(=S)[nH]c12. The summed E-state index contributed by atoms with van der Waals surface area (Å²) in [4.78, 5) is 19.6. The number of halogens is 1. The van der Waals surface area contributed by atoms with E-state index in [1.807, 2.05) is 13.8 Å². The predicted octanol–water partition coefficient (Wildman–Crippen LogP) is 2.85. The molecule has 0 bridgehead atoms. The molecule has 4 nitrogen and oxygen atoms in total. The van der Waals surface area contributed by atoms with Crippen LogP contribution in [0.25, 0.3) is 11.0 Å². The molecule has 2 aromatic rings. The average Bonchev–Trinajstić information content (AvgIpc) is 2.69. The quantitative estimate of drug-likeness (QED) is 0.840. The van der Waals surface area contributed by atoms with Crippen molar-refractivity contribution in [2.75, 3.05) is 13.1 Å². The van der Waals surface area contributed by atoms with Crippen molar-refractivity contribution in [2.45, 2.75) is 13.8 Å². The summed E-state index contributed by atoms with van der Waals surface area (Å²) < 4.78 is 13.9. The van der Waals surface area contributed by atoms with E-state index < -0.39 is 5.82 Å². The summed E-state index contributed by atoms with van der Waals surface area (Å²) in [6.45, 7) is 4.94. The number of hydrogen-bond donors (Lipinski definition) is 2. The molecule has 0 saturated heterocycles. The van der Waals surface area contributed by atoms with E-state index in [1.165, 1.54) is 12.1 Å². The molecule has 0 fully saturated rings. The number of H-pyrrole nitrogens is 2. The third kappa shape index (κ3) is 2.15. The Morgan fingerprint density at radius 2 is 2.00 bits per heavy atom. The van der Waals surface area contributed by atoms with Crippen LogP contribution in [0.2, 0.25) is 0 Å². The zero-order valence-electron chi connectivity index (χ0n) is 10.2. The number of benzene rings is 1. The van der Waals surface area contributed by atoms with Crippen molar-refractivity contribution in [1.82, 2.24) is 14.9 Å². The largest absolute Gasteiger partial charge is 0.339 e. The van der Waals surface area contributed by atoms with E-state index in [-0.39, 0.29) is 5.91 Å². The second-order valence-corrected chi connectivity index (χ2v) is 4.34. The highest BCUT2D eigenvalue weighted by atomic mass is 32.1. The Labute approximate surface area is 109 Å². The molecule has 96 valence electrons. The molecule has 2 rings (SSSR count). The third-order valence-electron chi connectivity index (χ3n) is 2.87. The number of aromatic nitrogens is 2. The van der Waals surface area contributed by atoms with Crippen molar-refractivity contribution >= 4 is 29.2 Å². The fourth-order valence-corrected chi connectivity index (χ4v) is 2.17. The minimum atomic E-state index is -0.455. The third-order valence-corrected chi connectivity index (χ3v) is 3.08. The van der Waals surface area contributed by atoms with Gasteiger partial charge in [-0.1, -0.05) is 0 Å². The van der Waals surface area contributed by atoms with E-state index in [0.717, 1.165) is 0 Å². The topological polar surface area (TPSA) is 51.9 Å². The number of fused-ring (bicyclic) bond motifs is 1. The van der Waals surface area contributed by atoms with Crippen LogP contribution < -0.4 is 0 Å². The van der Waals surface area contributed by atoms with Crippen LogP contribution in [-0.2, 0) is 0 Å². The Hall–Kier alpha value is -1.69. The maximum atomic E-state index is 13.5. The van der Waals surface area contributed by atoms with Gasteiger partial charge >= 0.3 is 0 Å². The van der Waals surface area contributed by atoms with Gasteiger partial charge in [0.25, 0.3) is 5.91 Å². The molecule has 2 N–H and O–H groups in total. The number of rotatable bonds is 3. The Balaban J connectivity index is 2.62. The molecule has 1 aromatic carbocycles. The minimum Gasteiger partial charge on any atom is -0.339 e. The van der Waals surface area contributed by atoms with Crippen LogP contribution in [0, 0.1) is 10.6 Å². The molecule has 6 heteroatoms. The number of carbonyl (C=O) groups is 1. The number of nitrogens with one attached hydrogen (secondary N) is 2. The van der Waals surface area contributed by atoms with Crippen molar-refractivity contribution in [1.29, 1.82) is 0 Å². The summed E-state index contributed by atoms with van der Waals surface area (Å²) in [7, 11) is 0. The lowest BCUT2D eigenvalue weighted by molar-refractivity contribution is 0.0774. The molecule has 0 saturated carbocycles. The van der Waals surface area contributed by atoms with Gasteiger partial charge in [0.05, 0.1) is 16.6 Å². The van der Waals surface area contributed by atoms with Crippen LogP contribution in [0.3, 0.4) is 0 Å². The highest BCUT2D eigenvalue weighted by Gasteiger charge is 2.18. The van der Waals surface area contributed by atoms with Gasteiger partial charge in [0.15, 0.2) is 4.77 Å². The van der Waals surface area contributed by atoms with Gasteiger partial charge in [0.1, 0.15) is 5.82 Å². The molecule has 18 heavy (non-hydrogen) atoms. The molecule has 1 amide bonds. The summed E-state index contributed by atoms with van der Waals surface area (Å²) in [6, 6.07) is 2.56. The second-order valence-electron chi connectivity index (χ2n) is 3.93. The zero-order chi connectivity index (χ0) is 13.3. The molecule has 0 radical (unpaired) electrons. The fourth-order valence-electron chi connectivity index (χ4n) is 1.96. The van der Waals surface area contributed by atoms with E-state index in [9.17, 15) is 9.18 Å². The van der Waals surface area contributed by atoms with Gasteiger partial charge in [-0.05, 0) is 38.2 Å². The van der Waals surface area contributed by atoms with Gasteiger partial charge in [-0.3, -0.25) is 4.79 Å². The van der Waals surface area contributed by atoms with Gasteiger partial charge in [-0.15, -0.1) is 0 Å². The highest BCUT2D eigenvalue weighted by molar-refractivity contribution is 7.71. The van der Waals surface area contributed by atoms with E-state index in [1.54, 1.807) is 4.90 Å². The van der Waals surface area contributed by atoms with Crippen LogP contribution >= 0.6 is 12.2 Å². The Morgan fingerprint density at radius 1 is 1.33 bits per heavy atom. The van der Waals surface area contributed by atoms with E-state index >= 15 is 0 Å². The molecule has 0 aliphatic rings. The number of amides is 1. The summed E-state index contributed by atoms with van der Waals surface area (Å²) in [5, 5.41) is 0. The normalized spacial score (nSPS) is 10.8. The second kappa shape index (κ2) is 4.89. The van der Waals surface area contributed by atoms with Crippen molar-refractivity contribution in [3.8, 4) is 0 Å². The Bertz CT molecular complexity index is 642. The molecule has 1 heterocycles. The summed E-state index contributed by atoms with van der Waals surface area (Å²) in [5.41, 5.74) is 1.37. The standard InChI is InChI=1S/C12H14FN3OS/c1-3-16(4-2)11(17)8-5-7(13)6-9-10(8)15-12(18)14-9/h5-6H,3-4H2,1-2H3,(H2,14,15,18). The van der Waals surface area contributed by atoms with Crippen LogP contribution in [-0.4, -0.2) is 33.9 Å². The summed E-state index contributed by atoms with van der Waals surface area (Å²) in [6.07, 6.45) is 0. The maximum absolute atomic E-state index is 13.5. The van der Waals surface area contributed by atoms with E-state index in [2.05, 4.69) is 9.97 Å². The molecular weight excluding hydrogens is 253 g/mol. The monoisotopic (exact) mass is 267 g/mol. The summed E-state index contributed by atoms with van der Waals surface area (Å²) in [5.74, 6) is -0.655. The minimum absolute atomic E-state index is 0.199. The van der Waals surface area contributed by atoms with Crippen molar-refractivity contribution in [3.05, 3.63) is 28.3 Å². The number of nitrogens with zero attached hydrogens (tertiary/aromatic N) is 1. The van der Waals surface area contributed by atoms with Gasteiger partial charge in [-0.25, -0.2) is 4.39 Å². The first-order valence-corrected chi connectivity index (χ1v) is 6.18. The van der Waals surface area contributed by atoms with Crippen molar-refractivity contribution in [2.24, 2.45) is 0 Å². The lowest BCUT2D eigenvalue weighted by Gasteiger charge is -2.18. The van der Waals surface area contributed by atoms with Gasteiger partial charge < -0.3 is 14.9 Å². The molecule has 0 aliphatic carbocycles. The number of aromatic amines is 2. The van der Waals surface area contributed by atoms with E-state index in [4.69, 9.17) is 12.2 Å². The molecule has 0 spiro atoms. The molecule has 0 atom stereocenters. The Kier molecular flexibility index (Phi) is 3.47. The first kappa shape index (κ1) is 12.8. The molecular formula is C12H14FN3OS. The zero-order valence-corrected chi connectivity index (χ0v) is 11.0. The molecule has 0 aliphatic heterocycles. The van der Waals surface area contributed by atoms with Crippen LogP contribution in [0.15, 0.2) is 12.1 Å². The van der Waals surface area contributed by atoms with Gasteiger partial charge in [0.2, 0.25) is 0 Å². The van der Waals surface area contributed by atoms with Crippen LogP contribution in [0.4, 0.5) is 4.39 Å². The highest BCUT2D eigenvalue weighted by Crippen LogP contribution is 2.19. The first-order chi connectivity index (χ1) is 8.56. The average molecular weight is 267 g/mol. The van der Waals surface area contributed by atoms with Crippen LogP contribution in [0.1, 0.15) is 24.2 Å². The van der Waals surface area contributed by atoms with Crippen molar-refractivity contribution < 1.29 is 9.18 Å². The van der Waals surface area contributed by atoms with Gasteiger partial charge in [0, 0.05) is 13.1 Å². The Morgan fingerprint density at radius 3 is 2.61 bits per heavy atom. The number of imidazole rings is 1. The fraction of sp³-hybridized carbons (Fsp3) is 0.333. The molecule has 1 aromatic heterocycles. The lowest BCUT2D eigenvalue weighted by atomic mass is 10.1. The van der Waals surface area contributed by atoms with Crippen molar-refractivity contribution in [3.63, 3.8) is 0 Å². The lowest BCUT2D eigenvalue weighted by Crippen LogP contribution is -2.30. The van der Waals surface area contributed by atoms with E-state index in [0.29, 0.717) is 34.5 Å². The number of carbonyl (C=O) groups excluding carboxylic acids is 1. The number of hydrogen-bond acceptors (Lipinski definition) is 2. The summed E-state index contributed by atoms with van der Waals surface area (Å²) >= 11 is 4.97. The van der Waals surface area contributed by atoms with Crippen LogP contribution in [0.5, 0.6) is 0 Å². The molecule has 0 unspecified atom stereocenters. The first-order valence-electron chi connectivity index (χ1n) is 5.77. The van der Waals surface area contributed by atoms with Gasteiger partial charge in [-0.2, -0.15) is 0 Å². The smallest absolute Gasteiger partial charge is 0.256 e. The predicted molar refractivity (Wildman–Crippen MR) is 70.7 cm³/mol. The maximum Gasteiger partial charge on any atom is 0.256 e.